The van der Waals surface area contributed by atoms with Crippen LogP contribution in [-0.2, 0) is 11.3 Å². The summed E-state index contributed by atoms with van der Waals surface area (Å²) in [5, 5.41) is 2.96. The maximum absolute atomic E-state index is 12.8. The van der Waals surface area contributed by atoms with Crippen molar-refractivity contribution in [1.29, 1.82) is 0 Å². The first-order chi connectivity index (χ1) is 12.0. The standard InChI is InChI=1S/C19H22BrN3O2/c1-3-13(2)21-18(24)7-5-11-23-17-12-14(20)8-9-15(17)22-10-4-6-16(22)19(23)25/h4,6,8-10,12-13H,3,5,7,11H2,1-2H3,(H,21,24)/t13-/m1/s1. The summed E-state index contributed by atoms with van der Waals surface area (Å²) in [7, 11) is 0. The number of hydrogen-bond acceptors (Lipinski definition) is 2. The number of fused-ring (bicyclic) bond motifs is 3. The second-order valence-electron chi connectivity index (χ2n) is 6.33. The van der Waals surface area contributed by atoms with Crippen molar-refractivity contribution in [2.45, 2.75) is 45.7 Å². The summed E-state index contributed by atoms with van der Waals surface area (Å²) >= 11 is 3.48. The molecule has 2 aromatic heterocycles. The van der Waals surface area contributed by atoms with Crippen molar-refractivity contribution in [3.8, 4) is 0 Å². The molecule has 0 aliphatic rings. The predicted octanol–water partition coefficient (Wildman–Crippen LogP) is 3.71. The average molecular weight is 404 g/mol. The largest absolute Gasteiger partial charge is 0.354 e. The van der Waals surface area contributed by atoms with Crippen LogP contribution < -0.4 is 10.9 Å². The molecular formula is C19H22BrN3O2. The maximum atomic E-state index is 12.8. The zero-order valence-electron chi connectivity index (χ0n) is 14.5. The molecule has 1 N–H and O–H groups in total. The number of amides is 1. The molecule has 5 nitrogen and oxygen atoms in total. The minimum absolute atomic E-state index is 0.0297. The number of hydrogen-bond donors (Lipinski definition) is 1. The number of halogens is 1. The van der Waals surface area contributed by atoms with Crippen LogP contribution in [0.15, 0.2) is 45.8 Å². The third kappa shape index (κ3) is 3.63. The van der Waals surface area contributed by atoms with Crippen LogP contribution in [0.3, 0.4) is 0 Å². The van der Waals surface area contributed by atoms with Gasteiger partial charge in [-0.1, -0.05) is 22.9 Å². The Kier molecular flexibility index (Phi) is 5.27. The molecule has 3 rings (SSSR count). The molecule has 0 spiro atoms. The Labute approximate surface area is 154 Å². The van der Waals surface area contributed by atoms with Crippen LogP contribution in [0.25, 0.3) is 16.6 Å². The monoisotopic (exact) mass is 403 g/mol. The van der Waals surface area contributed by atoms with Gasteiger partial charge in [0.1, 0.15) is 5.52 Å². The van der Waals surface area contributed by atoms with E-state index < -0.39 is 0 Å². The molecule has 0 unspecified atom stereocenters. The van der Waals surface area contributed by atoms with Gasteiger partial charge >= 0.3 is 0 Å². The molecule has 0 saturated carbocycles. The van der Waals surface area contributed by atoms with E-state index in [9.17, 15) is 9.59 Å². The molecule has 0 saturated heterocycles. The van der Waals surface area contributed by atoms with Crippen molar-refractivity contribution in [3.05, 3.63) is 51.4 Å². The summed E-state index contributed by atoms with van der Waals surface area (Å²) in [6, 6.07) is 9.81. The Hall–Kier alpha value is -2.08. The molecule has 1 amide bonds. The molecule has 132 valence electrons. The molecule has 2 heterocycles. The van der Waals surface area contributed by atoms with E-state index in [-0.39, 0.29) is 17.5 Å². The van der Waals surface area contributed by atoms with Crippen LogP contribution in [0.1, 0.15) is 33.1 Å². The molecule has 25 heavy (non-hydrogen) atoms. The highest BCUT2D eigenvalue weighted by atomic mass is 79.9. The van der Waals surface area contributed by atoms with Crippen molar-refractivity contribution in [2.24, 2.45) is 0 Å². The number of carbonyl (C=O) groups is 1. The Morgan fingerprint density at radius 3 is 2.80 bits per heavy atom. The van der Waals surface area contributed by atoms with Crippen LogP contribution in [-0.4, -0.2) is 20.9 Å². The van der Waals surface area contributed by atoms with Gasteiger partial charge in [-0.2, -0.15) is 0 Å². The number of rotatable bonds is 6. The van der Waals surface area contributed by atoms with E-state index in [1.54, 1.807) is 4.57 Å². The van der Waals surface area contributed by atoms with Crippen molar-refractivity contribution < 1.29 is 4.79 Å². The average Bonchev–Trinajstić information content (AvgIpc) is 3.07. The highest BCUT2D eigenvalue weighted by Gasteiger charge is 2.12. The molecule has 0 fully saturated rings. The normalized spacial score (nSPS) is 12.6. The first-order valence-corrected chi connectivity index (χ1v) is 9.39. The molecule has 0 radical (unpaired) electrons. The van der Waals surface area contributed by atoms with Crippen LogP contribution in [0.2, 0.25) is 0 Å². The second-order valence-corrected chi connectivity index (χ2v) is 7.25. The Bertz CT molecular complexity index is 974. The van der Waals surface area contributed by atoms with E-state index in [4.69, 9.17) is 0 Å². The van der Waals surface area contributed by atoms with Crippen molar-refractivity contribution in [3.63, 3.8) is 0 Å². The summed E-state index contributed by atoms with van der Waals surface area (Å²) in [6.07, 6.45) is 3.85. The number of carbonyl (C=O) groups excluding carboxylic acids is 1. The summed E-state index contributed by atoms with van der Waals surface area (Å²) in [5.74, 6) is 0.0386. The van der Waals surface area contributed by atoms with E-state index >= 15 is 0 Å². The van der Waals surface area contributed by atoms with Crippen molar-refractivity contribution in [1.82, 2.24) is 14.3 Å². The lowest BCUT2D eigenvalue weighted by molar-refractivity contribution is -0.121. The zero-order chi connectivity index (χ0) is 18.0. The number of nitrogens with one attached hydrogen (secondary N) is 1. The van der Waals surface area contributed by atoms with Crippen molar-refractivity contribution in [2.75, 3.05) is 0 Å². The molecule has 3 aromatic rings. The van der Waals surface area contributed by atoms with Gasteiger partial charge in [0.2, 0.25) is 5.91 Å². The molecule has 0 bridgehead atoms. The van der Waals surface area contributed by atoms with Gasteiger partial charge in [-0.3, -0.25) is 9.59 Å². The molecule has 0 aliphatic carbocycles. The fraction of sp³-hybridized carbons (Fsp3) is 0.368. The zero-order valence-corrected chi connectivity index (χ0v) is 16.0. The van der Waals surface area contributed by atoms with E-state index in [0.717, 1.165) is 21.9 Å². The van der Waals surface area contributed by atoms with E-state index in [0.29, 0.717) is 24.9 Å². The summed E-state index contributed by atoms with van der Waals surface area (Å²) in [5.41, 5.74) is 2.47. The van der Waals surface area contributed by atoms with E-state index in [1.165, 1.54) is 0 Å². The fourth-order valence-corrected chi connectivity index (χ4v) is 3.35. The first kappa shape index (κ1) is 17.7. The number of benzene rings is 1. The molecular weight excluding hydrogens is 382 g/mol. The highest BCUT2D eigenvalue weighted by Crippen LogP contribution is 2.20. The minimum Gasteiger partial charge on any atom is -0.354 e. The van der Waals surface area contributed by atoms with E-state index in [1.807, 2.05) is 54.8 Å². The highest BCUT2D eigenvalue weighted by molar-refractivity contribution is 9.10. The quantitative estimate of drug-likeness (QED) is 0.681. The van der Waals surface area contributed by atoms with Crippen LogP contribution >= 0.6 is 15.9 Å². The summed E-state index contributed by atoms with van der Waals surface area (Å²) < 4.78 is 4.61. The summed E-state index contributed by atoms with van der Waals surface area (Å²) in [4.78, 5) is 24.8. The smallest absolute Gasteiger partial charge is 0.275 e. The minimum atomic E-state index is -0.0297. The van der Waals surface area contributed by atoms with E-state index in [2.05, 4.69) is 21.2 Å². The lowest BCUT2D eigenvalue weighted by Gasteiger charge is -2.14. The lowest BCUT2D eigenvalue weighted by atomic mass is 10.2. The fourth-order valence-electron chi connectivity index (χ4n) is 3.00. The molecule has 0 aliphatic heterocycles. The summed E-state index contributed by atoms with van der Waals surface area (Å²) in [6.45, 7) is 4.55. The molecule has 6 heteroatoms. The van der Waals surface area contributed by atoms with Crippen LogP contribution in [0, 0.1) is 0 Å². The Morgan fingerprint density at radius 1 is 1.24 bits per heavy atom. The van der Waals surface area contributed by atoms with Gasteiger partial charge < -0.3 is 14.3 Å². The Morgan fingerprint density at radius 2 is 2.04 bits per heavy atom. The first-order valence-electron chi connectivity index (χ1n) is 8.59. The maximum Gasteiger partial charge on any atom is 0.275 e. The van der Waals surface area contributed by atoms with Gasteiger partial charge in [0, 0.05) is 29.7 Å². The third-order valence-electron chi connectivity index (χ3n) is 4.51. The third-order valence-corrected chi connectivity index (χ3v) is 5.00. The van der Waals surface area contributed by atoms with Crippen LogP contribution in [0.5, 0.6) is 0 Å². The molecule has 1 aromatic carbocycles. The number of aryl methyl sites for hydroxylation is 1. The predicted molar refractivity (Wildman–Crippen MR) is 104 cm³/mol. The number of nitrogens with zero attached hydrogens (tertiary/aromatic N) is 2. The van der Waals surface area contributed by atoms with Crippen LogP contribution in [0.4, 0.5) is 0 Å². The second kappa shape index (κ2) is 7.44. The van der Waals surface area contributed by atoms with Gasteiger partial charge in [0.15, 0.2) is 0 Å². The van der Waals surface area contributed by atoms with Crippen molar-refractivity contribution >= 4 is 38.4 Å². The van der Waals surface area contributed by atoms with Gasteiger partial charge in [0.05, 0.1) is 11.0 Å². The molecule has 1 atom stereocenters. The number of aromatic nitrogens is 2. The lowest BCUT2D eigenvalue weighted by Crippen LogP contribution is -2.32. The van der Waals surface area contributed by atoms with Gasteiger partial charge in [0.25, 0.3) is 5.56 Å². The van der Waals surface area contributed by atoms with Gasteiger partial charge in [-0.05, 0) is 50.1 Å². The SMILES string of the molecule is CC[C@@H](C)NC(=O)CCCn1c(=O)c2cccn2c2ccc(Br)cc21. The topological polar surface area (TPSA) is 55.5 Å². The Balaban J connectivity index is 1.89. The van der Waals surface area contributed by atoms with Gasteiger partial charge in [-0.25, -0.2) is 0 Å². The van der Waals surface area contributed by atoms with Gasteiger partial charge in [-0.15, -0.1) is 0 Å².